The maximum Gasteiger partial charge on any atom is 0.151 e. The normalized spacial score (nSPS) is 11.7. The Hall–Kier alpha value is -1.20. The third-order valence-electron chi connectivity index (χ3n) is 2.92. The molecule has 0 aliphatic carbocycles. The second-order valence-corrected chi connectivity index (χ2v) is 5.76. The molecule has 1 aromatic rings. The van der Waals surface area contributed by atoms with E-state index in [1.54, 1.807) is 0 Å². The summed E-state index contributed by atoms with van der Waals surface area (Å²) in [6.45, 7) is 14.5. The summed E-state index contributed by atoms with van der Waals surface area (Å²) in [5.41, 5.74) is 1.05. The first-order valence-corrected chi connectivity index (χ1v) is 7.36. The summed E-state index contributed by atoms with van der Waals surface area (Å²) in [6.07, 6.45) is 0. The molecule has 0 saturated heterocycles. The van der Waals surface area contributed by atoms with Crippen LogP contribution in [0, 0.1) is 0 Å². The van der Waals surface area contributed by atoms with Gasteiger partial charge in [0.1, 0.15) is 0 Å². The van der Waals surface area contributed by atoms with Crippen molar-refractivity contribution in [1.29, 1.82) is 0 Å². The van der Waals surface area contributed by atoms with E-state index in [4.69, 9.17) is 4.74 Å². The van der Waals surface area contributed by atoms with E-state index < -0.39 is 0 Å². The zero-order valence-corrected chi connectivity index (χ0v) is 13.4. The number of nitrogens with one attached hydrogen (secondary N) is 1. The highest BCUT2D eigenvalue weighted by molar-refractivity contribution is 5.36. The maximum atomic E-state index is 5.39. The van der Waals surface area contributed by atoms with E-state index in [2.05, 4.69) is 48.1 Å². The van der Waals surface area contributed by atoms with Gasteiger partial charge in [0.25, 0.3) is 0 Å². The van der Waals surface area contributed by atoms with E-state index in [0.717, 1.165) is 44.4 Å². The van der Waals surface area contributed by atoms with Crippen molar-refractivity contribution in [2.45, 2.75) is 46.7 Å². The van der Waals surface area contributed by atoms with Crippen LogP contribution in [-0.2, 0) is 11.3 Å². The summed E-state index contributed by atoms with van der Waals surface area (Å²) in [5.74, 6) is 0.909. The van der Waals surface area contributed by atoms with Crippen molar-refractivity contribution < 1.29 is 4.74 Å². The molecule has 5 heteroatoms. The Kier molecular flexibility index (Phi) is 6.88. The Morgan fingerprint density at radius 3 is 2.45 bits per heavy atom. The summed E-state index contributed by atoms with van der Waals surface area (Å²) >= 11 is 0. The van der Waals surface area contributed by atoms with Crippen molar-refractivity contribution in [2.75, 3.05) is 31.2 Å². The molecule has 1 N–H and O–H groups in total. The third kappa shape index (κ3) is 6.30. The minimum absolute atomic E-state index is 0.0906. The quantitative estimate of drug-likeness (QED) is 0.740. The van der Waals surface area contributed by atoms with Gasteiger partial charge in [0.05, 0.1) is 12.3 Å². The Bertz CT molecular complexity index is 372. The molecule has 0 fully saturated rings. The lowest BCUT2D eigenvalue weighted by atomic mass is 10.1. The lowest BCUT2D eigenvalue weighted by Crippen LogP contribution is -2.35. The molecule has 0 unspecified atom stereocenters. The highest BCUT2D eigenvalue weighted by Gasteiger charge is 2.10. The minimum atomic E-state index is 0.0906. The van der Waals surface area contributed by atoms with Gasteiger partial charge in [-0.1, -0.05) is 0 Å². The predicted octanol–water partition coefficient (Wildman–Crippen LogP) is 2.23. The number of rotatable bonds is 8. The van der Waals surface area contributed by atoms with E-state index in [9.17, 15) is 0 Å². The molecule has 0 aromatic carbocycles. The van der Waals surface area contributed by atoms with Crippen LogP contribution in [-0.4, -0.2) is 42.0 Å². The average Bonchev–Trinajstić information content (AvgIpc) is 2.41. The molecule has 1 aromatic heterocycles. The van der Waals surface area contributed by atoms with Gasteiger partial charge in [-0.2, -0.15) is 5.10 Å². The van der Waals surface area contributed by atoms with Gasteiger partial charge in [0, 0.05) is 31.8 Å². The lowest BCUT2D eigenvalue weighted by Gasteiger charge is -2.22. The van der Waals surface area contributed by atoms with Crippen molar-refractivity contribution >= 4 is 5.82 Å². The molecular formula is C15H28N4O. The van der Waals surface area contributed by atoms with Gasteiger partial charge in [-0.05, 0) is 46.8 Å². The molecule has 0 atom stereocenters. The standard InChI is InChI=1S/C15H28N4O/c1-6-19(10-11-20-7-2)14-9-8-13(17-18-14)12-16-15(3,4)5/h8-9,16H,6-7,10-12H2,1-5H3. The summed E-state index contributed by atoms with van der Waals surface area (Å²) < 4.78 is 5.39. The van der Waals surface area contributed by atoms with Crippen LogP contribution < -0.4 is 10.2 Å². The summed E-state index contributed by atoms with van der Waals surface area (Å²) in [4.78, 5) is 2.17. The highest BCUT2D eigenvalue weighted by atomic mass is 16.5. The number of aromatic nitrogens is 2. The Morgan fingerprint density at radius 1 is 1.20 bits per heavy atom. The summed E-state index contributed by atoms with van der Waals surface area (Å²) in [6, 6.07) is 4.06. The van der Waals surface area contributed by atoms with Crippen LogP contribution in [0.5, 0.6) is 0 Å². The van der Waals surface area contributed by atoms with Gasteiger partial charge in [0.2, 0.25) is 0 Å². The first-order chi connectivity index (χ1) is 9.46. The van der Waals surface area contributed by atoms with Crippen LogP contribution in [0.1, 0.15) is 40.3 Å². The minimum Gasteiger partial charge on any atom is -0.380 e. The van der Waals surface area contributed by atoms with Crippen LogP contribution >= 0.6 is 0 Å². The number of nitrogens with zero attached hydrogens (tertiary/aromatic N) is 3. The van der Waals surface area contributed by atoms with Crippen LogP contribution in [0.25, 0.3) is 0 Å². The topological polar surface area (TPSA) is 50.3 Å². The molecule has 0 radical (unpaired) electrons. The number of likely N-dealkylation sites (N-methyl/N-ethyl adjacent to an activating group) is 1. The van der Waals surface area contributed by atoms with Crippen molar-refractivity contribution in [1.82, 2.24) is 15.5 Å². The average molecular weight is 280 g/mol. The van der Waals surface area contributed by atoms with E-state index in [-0.39, 0.29) is 5.54 Å². The molecular weight excluding hydrogens is 252 g/mol. The third-order valence-corrected chi connectivity index (χ3v) is 2.92. The van der Waals surface area contributed by atoms with Crippen LogP contribution in [0.15, 0.2) is 12.1 Å². The number of hydrogen-bond acceptors (Lipinski definition) is 5. The number of anilines is 1. The largest absolute Gasteiger partial charge is 0.380 e. The zero-order chi connectivity index (χ0) is 15.0. The van der Waals surface area contributed by atoms with E-state index in [0.29, 0.717) is 0 Å². The summed E-state index contributed by atoms with van der Waals surface area (Å²) in [7, 11) is 0. The van der Waals surface area contributed by atoms with Crippen LogP contribution in [0.3, 0.4) is 0 Å². The van der Waals surface area contributed by atoms with E-state index >= 15 is 0 Å². The molecule has 5 nitrogen and oxygen atoms in total. The fraction of sp³-hybridized carbons (Fsp3) is 0.733. The maximum absolute atomic E-state index is 5.39. The smallest absolute Gasteiger partial charge is 0.151 e. The van der Waals surface area contributed by atoms with Gasteiger partial charge < -0.3 is 15.0 Å². The molecule has 0 bridgehead atoms. The molecule has 0 aliphatic rings. The molecule has 0 aliphatic heterocycles. The van der Waals surface area contributed by atoms with E-state index in [1.165, 1.54) is 0 Å². The fourth-order valence-electron chi connectivity index (χ4n) is 1.73. The van der Waals surface area contributed by atoms with Gasteiger partial charge >= 0.3 is 0 Å². The van der Waals surface area contributed by atoms with Crippen LogP contribution in [0.2, 0.25) is 0 Å². The molecule has 1 heterocycles. The van der Waals surface area contributed by atoms with Crippen molar-refractivity contribution in [2.24, 2.45) is 0 Å². The fourth-order valence-corrected chi connectivity index (χ4v) is 1.73. The number of hydrogen-bond donors (Lipinski definition) is 1. The van der Waals surface area contributed by atoms with Crippen molar-refractivity contribution in [3.05, 3.63) is 17.8 Å². The van der Waals surface area contributed by atoms with Gasteiger partial charge in [-0.25, -0.2) is 0 Å². The Morgan fingerprint density at radius 2 is 1.95 bits per heavy atom. The second kappa shape index (κ2) is 8.17. The van der Waals surface area contributed by atoms with Gasteiger partial charge in [-0.3, -0.25) is 0 Å². The zero-order valence-electron chi connectivity index (χ0n) is 13.4. The summed E-state index contributed by atoms with van der Waals surface area (Å²) in [5, 5.41) is 12.0. The molecule has 0 saturated carbocycles. The Labute approximate surface area is 122 Å². The monoisotopic (exact) mass is 280 g/mol. The number of ether oxygens (including phenoxy) is 1. The van der Waals surface area contributed by atoms with Crippen LogP contribution in [0.4, 0.5) is 5.82 Å². The molecule has 1 rings (SSSR count). The highest BCUT2D eigenvalue weighted by Crippen LogP contribution is 2.09. The van der Waals surface area contributed by atoms with Crippen molar-refractivity contribution in [3.63, 3.8) is 0 Å². The first-order valence-electron chi connectivity index (χ1n) is 7.36. The molecule has 0 amide bonds. The van der Waals surface area contributed by atoms with E-state index in [1.807, 2.05) is 19.1 Å². The second-order valence-electron chi connectivity index (χ2n) is 5.76. The first kappa shape index (κ1) is 16.9. The lowest BCUT2D eigenvalue weighted by molar-refractivity contribution is 0.154. The van der Waals surface area contributed by atoms with Gasteiger partial charge in [-0.15, -0.1) is 5.10 Å². The van der Waals surface area contributed by atoms with Gasteiger partial charge in [0.15, 0.2) is 5.82 Å². The molecule has 20 heavy (non-hydrogen) atoms. The molecule has 114 valence electrons. The predicted molar refractivity (Wildman–Crippen MR) is 83.0 cm³/mol. The van der Waals surface area contributed by atoms with Crippen molar-refractivity contribution in [3.8, 4) is 0 Å². The molecule has 0 spiro atoms. The Balaban J connectivity index is 2.55. The SMILES string of the molecule is CCOCCN(CC)c1ccc(CNC(C)(C)C)nn1.